The van der Waals surface area contributed by atoms with Crippen LogP contribution in [-0.4, -0.2) is 30.4 Å². The third-order valence-corrected chi connectivity index (χ3v) is 3.65. The Labute approximate surface area is 127 Å². The zero-order valence-electron chi connectivity index (χ0n) is 12.9. The summed E-state index contributed by atoms with van der Waals surface area (Å²) in [4.78, 5) is 22.5. The van der Waals surface area contributed by atoms with Crippen LogP contribution in [0.5, 0.6) is 0 Å². The molecule has 0 fully saturated rings. The van der Waals surface area contributed by atoms with Crippen molar-refractivity contribution in [3.05, 3.63) is 39.5 Å². The van der Waals surface area contributed by atoms with E-state index >= 15 is 0 Å². The zero-order valence-corrected chi connectivity index (χ0v) is 12.9. The van der Waals surface area contributed by atoms with Crippen molar-refractivity contribution >= 4 is 11.6 Å². The van der Waals surface area contributed by atoms with Crippen molar-refractivity contribution in [3.8, 4) is 0 Å². The van der Waals surface area contributed by atoms with Crippen LogP contribution in [0.3, 0.4) is 0 Å². The molecule has 0 aliphatic carbocycles. The van der Waals surface area contributed by atoms with Crippen LogP contribution in [-0.2, 0) is 18.4 Å². The lowest BCUT2D eigenvalue weighted by Crippen LogP contribution is -2.31. The Hall–Kier alpha value is -2.71. The number of aromatic nitrogens is 4. The second-order valence-electron chi connectivity index (χ2n) is 5.11. The molecule has 1 N–H and O–H groups in total. The number of hydrogen-bond donors (Lipinski definition) is 1. The van der Waals surface area contributed by atoms with Crippen molar-refractivity contribution in [1.29, 1.82) is 0 Å². The van der Waals surface area contributed by atoms with Crippen molar-refractivity contribution < 1.29 is 9.72 Å². The Morgan fingerprint density at radius 3 is 2.68 bits per heavy atom. The maximum absolute atomic E-state index is 12.2. The lowest BCUT2D eigenvalue weighted by Gasteiger charge is -2.12. The lowest BCUT2D eigenvalue weighted by atomic mass is 10.2. The van der Waals surface area contributed by atoms with Crippen molar-refractivity contribution in [2.75, 3.05) is 0 Å². The molecule has 0 radical (unpaired) electrons. The maximum atomic E-state index is 12.2. The molecular weight excluding hydrogens is 288 g/mol. The van der Waals surface area contributed by atoms with Crippen LogP contribution in [0, 0.1) is 24.0 Å². The molecule has 1 amide bonds. The summed E-state index contributed by atoms with van der Waals surface area (Å²) in [5.41, 5.74) is 2.08. The van der Waals surface area contributed by atoms with E-state index in [2.05, 4.69) is 15.5 Å². The van der Waals surface area contributed by atoms with E-state index < -0.39 is 11.0 Å². The maximum Gasteiger partial charge on any atom is 0.309 e. The molecule has 0 saturated carbocycles. The van der Waals surface area contributed by atoms with Gasteiger partial charge in [0.05, 0.1) is 11.1 Å². The molecule has 0 bridgehead atoms. The first-order valence-corrected chi connectivity index (χ1v) is 6.76. The molecule has 1 unspecified atom stereocenters. The van der Waals surface area contributed by atoms with E-state index in [9.17, 15) is 14.9 Å². The summed E-state index contributed by atoms with van der Waals surface area (Å²) >= 11 is 0. The normalized spacial score (nSPS) is 12.2. The highest BCUT2D eigenvalue weighted by atomic mass is 16.6. The van der Waals surface area contributed by atoms with E-state index in [-0.39, 0.29) is 17.3 Å². The summed E-state index contributed by atoms with van der Waals surface area (Å²) in [6.07, 6.45) is 2.97. The molecule has 0 aliphatic heterocycles. The molecule has 0 spiro atoms. The van der Waals surface area contributed by atoms with Gasteiger partial charge in [-0.25, -0.2) is 0 Å². The minimum atomic E-state index is -0.635. The number of aryl methyl sites for hydroxylation is 2. The van der Waals surface area contributed by atoms with Crippen LogP contribution in [0.15, 0.2) is 12.4 Å². The summed E-state index contributed by atoms with van der Waals surface area (Å²) in [7, 11) is 1.83. The Kier molecular flexibility index (Phi) is 4.25. The van der Waals surface area contributed by atoms with Gasteiger partial charge >= 0.3 is 5.69 Å². The van der Waals surface area contributed by atoms with Gasteiger partial charge in [0.1, 0.15) is 17.9 Å². The molecule has 0 aliphatic rings. The Morgan fingerprint density at radius 2 is 2.18 bits per heavy atom. The average Bonchev–Trinajstić information content (AvgIpc) is 3.00. The van der Waals surface area contributed by atoms with Gasteiger partial charge in [0, 0.05) is 24.8 Å². The Bertz CT molecular complexity index is 717. The average molecular weight is 306 g/mol. The highest BCUT2D eigenvalue weighted by Gasteiger charge is 2.22. The second-order valence-corrected chi connectivity index (χ2v) is 5.11. The number of carbonyl (C=O) groups excluding carboxylic acids is 1. The zero-order chi connectivity index (χ0) is 16.4. The van der Waals surface area contributed by atoms with Gasteiger partial charge in [0.15, 0.2) is 0 Å². The fourth-order valence-electron chi connectivity index (χ4n) is 2.02. The molecule has 22 heavy (non-hydrogen) atoms. The minimum absolute atomic E-state index is 0.0947. The van der Waals surface area contributed by atoms with E-state index in [4.69, 9.17) is 0 Å². The smallest absolute Gasteiger partial charge is 0.309 e. The van der Waals surface area contributed by atoms with Gasteiger partial charge in [-0.05, 0) is 20.8 Å². The first-order valence-electron chi connectivity index (χ1n) is 6.76. The standard InChI is InChI=1S/C13H18N6O3/c1-8-12(19(21)22)7-18(16-8)10(3)13(20)14-5-11-6-15-17(4)9(11)2/h6-7,10H,5H2,1-4H3,(H,14,20). The lowest BCUT2D eigenvalue weighted by molar-refractivity contribution is -0.385. The predicted octanol–water partition coefficient (Wildman–Crippen LogP) is 1.02. The Balaban J connectivity index is 2.04. The predicted molar refractivity (Wildman–Crippen MR) is 78.1 cm³/mol. The highest BCUT2D eigenvalue weighted by molar-refractivity contribution is 5.79. The van der Waals surface area contributed by atoms with Crippen LogP contribution in [0.25, 0.3) is 0 Å². The third-order valence-electron chi connectivity index (χ3n) is 3.65. The highest BCUT2D eigenvalue weighted by Crippen LogP contribution is 2.18. The van der Waals surface area contributed by atoms with Gasteiger partial charge in [-0.1, -0.05) is 0 Å². The van der Waals surface area contributed by atoms with Crippen LogP contribution in [0.4, 0.5) is 5.69 Å². The molecule has 2 aromatic rings. The molecule has 2 rings (SSSR count). The fourth-order valence-corrected chi connectivity index (χ4v) is 2.02. The fraction of sp³-hybridized carbons (Fsp3) is 0.462. The van der Waals surface area contributed by atoms with Gasteiger partial charge in [-0.15, -0.1) is 0 Å². The molecule has 9 nitrogen and oxygen atoms in total. The summed E-state index contributed by atoms with van der Waals surface area (Å²) in [6.45, 7) is 5.45. The number of nitrogens with zero attached hydrogens (tertiary/aromatic N) is 5. The van der Waals surface area contributed by atoms with Crippen molar-refractivity contribution in [1.82, 2.24) is 24.9 Å². The monoisotopic (exact) mass is 306 g/mol. The summed E-state index contributed by atoms with van der Waals surface area (Å²) in [5.74, 6) is -0.263. The van der Waals surface area contributed by atoms with Gasteiger partial charge in [-0.3, -0.25) is 24.3 Å². The van der Waals surface area contributed by atoms with E-state index in [1.54, 1.807) is 17.8 Å². The van der Waals surface area contributed by atoms with E-state index in [1.165, 1.54) is 17.8 Å². The second kappa shape index (κ2) is 5.96. The SMILES string of the molecule is Cc1nn(C(C)C(=O)NCc2cnn(C)c2C)cc1[N+](=O)[O-]. The first kappa shape index (κ1) is 15.7. The summed E-state index contributed by atoms with van der Waals surface area (Å²) in [5, 5.41) is 21.7. The molecular formula is C13H18N6O3. The van der Waals surface area contributed by atoms with Crippen LogP contribution < -0.4 is 5.32 Å². The van der Waals surface area contributed by atoms with E-state index in [0.717, 1.165) is 11.3 Å². The molecule has 0 aromatic carbocycles. The molecule has 0 saturated heterocycles. The quantitative estimate of drug-likeness (QED) is 0.655. The van der Waals surface area contributed by atoms with Crippen LogP contribution in [0.1, 0.15) is 29.9 Å². The Morgan fingerprint density at radius 1 is 1.50 bits per heavy atom. The van der Waals surface area contributed by atoms with Crippen molar-refractivity contribution in [2.45, 2.75) is 33.4 Å². The molecule has 2 aromatic heterocycles. The largest absolute Gasteiger partial charge is 0.350 e. The number of rotatable bonds is 5. The number of carbonyl (C=O) groups is 1. The topological polar surface area (TPSA) is 108 Å². The summed E-state index contributed by atoms with van der Waals surface area (Å²) < 4.78 is 3.03. The number of nitro groups is 1. The van der Waals surface area contributed by atoms with Crippen molar-refractivity contribution in [3.63, 3.8) is 0 Å². The first-order chi connectivity index (χ1) is 10.3. The molecule has 118 valence electrons. The minimum Gasteiger partial charge on any atom is -0.350 e. The van der Waals surface area contributed by atoms with Gasteiger partial charge in [0.2, 0.25) is 5.91 Å². The molecule has 2 heterocycles. The number of nitrogens with one attached hydrogen (secondary N) is 1. The van der Waals surface area contributed by atoms with Crippen LogP contribution >= 0.6 is 0 Å². The van der Waals surface area contributed by atoms with Gasteiger partial charge in [0.25, 0.3) is 0 Å². The van der Waals surface area contributed by atoms with Gasteiger partial charge in [-0.2, -0.15) is 10.2 Å². The molecule has 9 heteroatoms. The van der Waals surface area contributed by atoms with E-state index in [1.807, 2.05) is 14.0 Å². The number of amides is 1. The van der Waals surface area contributed by atoms with Crippen molar-refractivity contribution in [2.24, 2.45) is 7.05 Å². The van der Waals surface area contributed by atoms with Crippen LogP contribution in [0.2, 0.25) is 0 Å². The summed E-state index contributed by atoms with van der Waals surface area (Å²) in [6, 6.07) is -0.635. The third kappa shape index (κ3) is 2.97. The molecule has 1 atom stereocenters. The number of hydrogen-bond acceptors (Lipinski definition) is 5. The van der Waals surface area contributed by atoms with E-state index in [0.29, 0.717) is 6.54 Å². The van der Waals surface area contributed by atoms with Gasteiger partial charge < -0.3 is 5.32 Å².